The summed E-state index contributed by atoms with van der Waals surface area (Å²) in [7, 11) is 1.59. The smallest absolute Gasteiger partial charge is 0.251 e. The Labute approximate surface area is 181 Å². The lowest BCUT2D eigenvalue weighted by Crippen LogP contribution is -2.44. The molecule has 0 bridgehead atoms. The number of guanidine groups is 1. The Kier molecular flexibility index (Phi) is 9.43. The highest BCUT2D eigenvalue weighted by atomic mass is 16.5. The van der Waals surface area contributed by atoms with Gasteiger partial charge in [-0.3, -0.25) is 9.79 Å². The Balaban J connectivity index is 1.83. The molecule has 1 saturated heterocycles. The highest BCUT2D eigenvalue weighted by Gasteiger charge is 2.35. The second kappa shape index (κ2) is 11.8. The fourth-order valence-electron chi connectivity index (χ4n) is 3.76. The van der Waals surface area contributed by atoms with Crippen molar-refractivity contribution in [1.29, 1.82) is 0 Å². The first-order valence-electron chi connectivity index (χ1n) is 10.9. The normalized spacial score (nSPS) is 19.8. The summed E-state index contributed by atoms with van der Waals surface area (Å²) in [6, 6.07) is 7.13. The van der Waals surface area contributed by atoms with Crippen molar-refractivity contribution in [1.82, 2.24) is 16.0 Å². The van der Waals surface area contributed by atoms with E-state index in [2.05, 4.69) is 36.7 Å². The van der Waals surface area contributed by atoms with Crippen molar-refractivity contribution in [2.45, 2.75) is 46.6 Å². The molecule has 0 saturated carbocycles. The summed E-state index contributed by atoms with van der Waals surface area (Å²) >= 11 is 0. The standard InChI is InChI=1S/C23H38N4O3/c1-6-24-22(27-16-18-10-8-14-30-20(18)23(2,3)4)26-13-12-25-21(28)17-9-7-11-19(15-17)29-5/h7,9,11,15,18,20H,6,8,10,12-14,16H2,1-5H3,(H,25,28)(H2,24,26,27). The molecule has 2 unspecified atom stereocenters. The van der Waals surface area contributed by atoms with E-state index in [0.29, 0.717) is 30.3 Å². The number of rotatable bonds is 8. The summed E-state index contributed by atoms with van der Waals surface area (Å²) in [6.45, 7) is 12.2. The molecule has 0 spiro atoms. The lowest BCUT2D eigenvalue weighted by atomic mass is 9.78. The lowest BCUT2D eigenvalue weighted by molar-refractivity contribution is -0.0823. The molecule has 1 amide bonds. The Morgan fingerprint density at radius 3 is 2.70 bits per heavy atom. The van der Waals surface area contributed by atoms with Crippen LogP contribution in [-0.2, 0) is 4.74 Å². The molecule has 1 aromatic rings. The number of carbonyl (C=O) groups excluding carboxylic acids is 1. The van der Waals surface area contributed by atoms with Gasteiger partial charge in [-0.2, -0.15) is 0 Å². The maximum absolute atomic E-state index is 12.3. The first kappa shape index (κ1) is 24.0. The fraction of sp³-hybridized carbons (Fsp3) is 0.652. The largest absolute Gasteiger partial charge is 0.497 e. The third-order valence-electron chi connectivity index (χ3n) is 5.16. The van der Waals surface area contributed by atoms with E-state index in [1.807, 2.05) is 19.1 Å². The van der Waals surface area contributed by atoms with Crippen molar-refractivity contribution in [3.05, 3.63) is 29.8 Å². The maximum atomic E-state index is 12.3. The second-order valence-electron chi connectivity index (χ2n) is 8.69. The van der Waals surface area contributed by atoms with E-state index >= 15 is 0 Å². The number of amides is 1. The van der Waals surface area contributed by atoms with Crippen molar-refractivity contribution in [2.24, 2.45) is 16.3 Å². The monoisotopic (exact) mass is 418 g/mol. The molecule has 168 valence electrons. The van der Waals surface area contributed by atoms with Crippen LogP contribution in [0.1, 0.15) is 50.9 Å². The summed E-state index contributed by atoms with van der Waals surface area (Å²) in [5.41, 5.74) is 0.692. The van der Waals surface area contributed by atoms with Crippen LogP contribution in [0.3, 0.4) is 0 Å². The molecule has 1 aliphatic heterocycles. The van der Waals surface area contributed by atoms with E-state index in [-0.39, 0.29) is 17.4 Å². The molecule has 3 N–H and O–H groups in total. The molecule has 7 nitrogen and oxygen atoms in total. The molecule has 1 aromatic carbocycles. The van der Waals surface area contributed by atoms with Gasteiger partial charge in [0.05, 0.1) is 13.2 Å². The highest BCUT2D eigenvalue weighted by molar-refractivity contribution is 5.94. The topological polar surface area (TPSA) is 84.0 Å². The van der Waals surface area contributed by atoms with Crippen LogP contribution in [-0.4, -0.2) is 57.9 Å². The molecule has 1 heterocycles. The van der Waals surface area contributed by atoms with Gasteiger partial charge < -0.3 is 25.4 Å². The van der Waals surface area contributed by atoms with E-state index in [1.165, 1.54) is 0 Å². The minimum Gasteiger partial charge on any atom is -0.497 e. The van der Waals surface area contributed by atoms with Crippen molar-refractivity contribution in [3.8, 4) is 5.75 Å². The van der Waals surface area contributed by atoms with Gasteiger partial charge in [0.15, 0.2) is 5.96 Å². The molecular formula is C23H38N4O3. The number of nitrogens with zero attached hydrogens (tertiary/aromatic N) is 1. The molecule has 2 rings (SSSR count). The first-order valence-corrected chi connectivity index (χ1v) is 10.9. The molecule has 0 aliphatic carbocycles. The van der Waals surface area contributed by atoms with Gasteiger partial charge in [0, 0.05) is 44.3 Å². The van der Waals surface area contributed by atoms with Crippen LogP contribution >= 0.6 is 0 Å². The molecule has 0 aromatic heterocycles. The zero-order chi connectivity index (χ0) is 22.0. The lowest BCUT2D eigenvalue weighted by Gasteiger charge is -2.39. The molecule has 0 radical (unpaired) electrons. The number of methoxy groups -OCH3 is 1. The Bertz CT molecular complexity index is 700. The van der Waals surface area contributed by atoms with Crippen LogP contribution in [0.15, 0.2) is 29.3 Å². The summed E-state index contributed by atoms with van der Waals surface area (Å²) in [5, 5.41) is 9.50. The van der Waals surface area contributed by atoms with Crippen molar-refractivity contribution >= 4 is 11.9 Å². The van der Waals surface area contributed by atoms with Crippen molar-refractivity contribution in [3.63, 3.8) is 0 Å². The molecule has 30 heavy (non-hydrogen) atoms. The molecule has 2 atom stereocenters. The third kappa shape index (κ3) is 7.52. The van der Waals surface area contributed by atoms with Gasteiger partial charge in [-0.1, -0.05) is 26.8 Å². The summed E-state index contributed by atoms with van der Waals surface area (Å²) < 4.78 is 11.2. The molecular weight excluding hydrogens is 380 g/mol. The van der Waals surface area contributed by atoms with Gasteiger partial charge in [-0.15, -0.1) is 0 Å². The van der Waals surface area contributed by atoms with Gasteiger partial charge in [-0.05, 0) is 43.4 Å². The van der Waals surface area contributed by atoms with E-state index in [9.17, 15) is 4.79 Å². The van der Waals surface area contributed by atoms with Crippen LogP contribution < -0.4 is 20.7 Å². The van der Waals surface area contributed by atoms with Gasteiger partial charge in [0.2, 0.25) is 0 Å². The van der Waals surface area contributed by atoms with Crippen LogP contribution in [0, 0.1) is 11.3 Å². The van der Waals surface area contributed by atoms with E-state index < -0.39 is 0 Å². The quantitative estimate of drug-likeness (QED) is 0.343. The van der Waals surface area contributed by atoms with Crippen LogP contribution in [0.25, 0.3) is 0 Å². The zero-order valence-electron chi connectivity index (χ0n) is 19.1. The number of nitrogens with one attached hydrogen (secondary N) is 3. The minimum atomic E-state index is -0.120. The number of hydrogen-bond acceptors (Lipinski definition) is 4. The second-order valence-corrected chi connectivity index (χ2v) is 8.69. The maximum Gasteiger partial charge on any atom is 0.251 e. The molecule has 1 fully saturated rings. The zero-order valence-corrected chi connectivity index (χ0v) is 19.1. The molecule has 1 aliphatic rings. The average molecular weight is 419 g/mol. The van der Waals surface area contributed by atoms with E-state index in [0.717, 1.165) is 38.5 Å². The number of carbonyl (C=O) groups is 1. The van der Waals surface area contributed by atoms with Crippen LogP contribution in [0.2, 0.25) is 0 Å². The van der Waals surface area contributed by atoms with Crippen LogP contribution in [0.4, 0.5) is 0 Å². The van der Waals surface area contributed by atoms with Gasteiger partial charge >= 0.3 is 0 Å². The number of hydrogen-bond donors (Lipinski definition) is 3. The summed E-state index contributed by atoms with van der Waals surface area (Å²) in [5.74, 6) is 1.74. The highest BCUT2D eigenvalue weighted by Crippen LogP contribution is 2.34. The van der Waals surface area contributed by atoms with Gasteiger partial charge in [0.25, 0.3) is 5.91 Å². The van der Waals surface area contributed by atoms with Gasteiger partial charge in [0.1, 0.15) is 5.75 Å². The average Bonchev–Trinajstić information content (AvgIpc) is 2.74. The van der Waals surface area contributed by atoms with Gasteiger partial charge in [-0.25, -0.2) is 0 Å². The number of aliphatic imine (C=N–C) groups is 1. The Morgan fingerprint density at radius 2 is 2.00 bits per heavy atom. The number of ether oxygens (including phenoxy) is 2. The summed E-state index contributed by atoms with van der Waals surface area (Å²) in [6.07, 6.45) is 2.45. The predicted molar refractivity (Wildman–Crippen MR) is 121 cm³/mol. The van der Waals surface area contributed by atoms with Crippen LogP contribution in [0.5, 0.6) is 5.75 Å². The van der Waals surface area contributed by atoms with E-state index in [1.54, 1.807) is 19.2 Å². The van der Waals surface area contributed by atoms with Crippen molar-refractivity contribution < 1.29 is 14.3 Å². The van der Waals surface area contributed by atoms with E-state index in [4.69, 9.17) is 14.5 Å². The Hall–Kier alpha value is -2.28. The minimum absolute atomic E-state index is 0.108. The fourth-order valence-corrected chi connectivity index (χ4v) is 3.76. The predicted octanol–water partition coefficient (Wildman–Crippen LogP) is 2.82. The molecule has 7 heteroatoms. The Morgan fingerprint density at radius 1 is 1.23 bits per heavy atom. The summed E-state index contributed by atoms with van der Waals surface area (Å²) in [4.78, 5) is 17.1. The number of benzene rings is 1. The SMILES string of the molecule is CCNC(=NCC1CCCOC1C(C)(C)C)NCCNC(=O)c1cccc(OC)c1. The third-order valence-corrected chi connectivity index (χ3v) is 5.16. The first-order chi connectivity index (χ1) is 14.3. The van der Waals surface area contributed by atoms with Crippen molar-refractivity contribution in [2.75, 3.05) is 39.9 Å².